The van der Waals surface area contributed by atoms with Crippen LogP contribution in [0.3, 0.4) is 0 Å². The quantitative estimate of drug-likeness (QED) is 0.0944. The Kier molecular flexibility index (Phi) is 20.9. The van der Waals surface area contributed by atoms with Crippen molar-refractivity contribution < 1.29 is 28.8 Å². The molecule has 6 aliphatic rings. The average molecular weight is 1150 g/mol. The van der Waals surface area contributed by atoms with Crippen molar-refractivity contribution in [1.29, 1.82) is 0 Å². The predicted molar refractivity (Wildman–Crippen MR) is 322 cm³/mol. The number of aromatic amines is 3. The van der Waals surface area contributed by atoms with Gasteiger partial charge in [-0.2, -0.15) is 0 Å². The lowest BCUT2D eigenvalue weighted by Gasteiger charge is -2.33. The van der Waals surface area contributed by atoms with Crippen LogP contribution in [0.5, 0.6) is 23.0 Å². The van der Waals surface area contributed by atoms with E-state index in [1.54, 1.807) is 25.3 Å². The molecule has 6 fully saturated rings. The molecule has 22 heteroatoms. The minimum absolute atomic E-state index is 0.0161. The third-order valence-electron chi connectivity index (χ3n) is 16.7. The molecule has 84 heavy (non-hydrogen) atoms. The molecule has 2 aromatic carbocycles. The SMILES string of the molecule is COc1cc(CN2CCCC(c3cc(=O)[nH]c(N4CCCC4)n3)C2)cc(OC)c1O.COc1cccc(CN2CCCC(c3cc(=O)[nH]c(N4CCOCC4)n3)C2)c1.O=c1cc(C2CCCN(Cc3ccncc3)C2)nc(N2CCOCC2)[nH]1. The summed E-state index contributed by atoms with van der Waals surface area (Å²) in [7, 11) is 4.76. The fourth-order valence-corrected chi connectivity index (χ4v) is 12.3. The zero-order valence-corrected chi connectivity index (χ0v) is 49.0. The maximum absolute atomic E-state index is 12.3. The van der Waals surface area contributed by atoms with E-state index in [2.05, 4.69) is 73.6 Å². The Bertz CT molecular complexity index is 3210. The number of piperidine rings is 3. The molecule has 0 aliphatic carbocycles. The number of benzene rings is 2. The molecule has 3 atom stereocenters. The molecule has 0 spiro atoms. The topological polar surface area (TPSA) is 236 Å². The van der Waals surface area contributed by atoms with Crippen LogP contribution in [-0.4, -0.2) is 181 Å². The van der Waals surface area contributed by atoms with E-state index >= 15 is 0 Å². The van der Waals surface area contributed by atoms with E-state index in [-0.39, 0.29) is 34.3 Å². The summed E-state index contributed by atoms with van der Waals surface area (Å²) in [5.74, 6) is 4.59. The number of aromatic hydroxyl groups is 1. The van der Waals surface area contributed by atoms with E-state index in [9.17, 15) is 19.5 Å². The molecule has 0 amide bonds. The van der Waals surface area contributed by atoms with Crippen molar-refractivity contribution in [1.82, 2.24) is 49.6 Å². The van der Waals surface area contributed by atoms with E-state index in [0.717, 1.165) is 171 Å². The number of phenolic OH excluding ortho intramolecular Hbond substituents is 1. The molecule has 3 unspecified atom stereocenters. The number of morpholine rings is 2. The van der Waals surface area contributed by atoms with E-state index in [1.165, 1.54) is 25.3 Å². The van der Waals surface area contributed by atoms with E-state index in [0.29, 0.717) is 68.2 Å². The second-order valence-corrected chi connectivity index (χ2v) is 22.7. The first-order chi connectivity index (χ1) is 41.1. The lowest BCUT2D eigenvalue weighted by Crippen LogP contribution is -2.39. The van der Waals surface area contributed by atoms with Gasteiger partial charge < -0.3 is 43.5 Å². The van der Waals surface area contributed by atoms with Crippen molar-refractivity contribution in [2.45, 2.75) is 88.8 Å². The largest absolute Gasteiger partial charge is 0.502 e. The molecule has 0 radical (unpaired) electrons. The summed E-state index contributed by atoms with van der Waals surface area (Å²) in [5, 5.41) is 10.1. The van der Waals surface area contributed by atoms with Crippen LogP contribution in [0.25, 0.3) is 0 Å². The van der Waals surface area contributed by atoms with Crippen LogP contribution in [0.1, 0.15) is 103 Å². The maximum Gasteiger partial charge on any atom is 0.252 e. The molecule has 6 aliphatic heterocycles. The number of methoxy groups -OCH3 is 3. The highest BCUT2D eigenvalue weighted by molar-refractivity contribution is 5.53. The molecule has 22 nitrogen and oxygen atoms in total. The normalized spacial score (nSPS) is 20.8. The summed E-state index contributed by atoms with van der Waals surface area (Å²) in [6.07, 6.45) is 12.4. The zero-order valence-electron chi connectivity index (χ0n) is 49.0. The van der Waals surface area contributed by atoms with Crippen molar-refractivity contribution in [2.75, 3.05) is 141 Å². The van der Waals surface area contributed by atoms with Gasteiger partial charge in [0.2, 0.25) is 23.6 Å². The van der Waals surface area contributed by atoms with Crippen LogP contribution < -0.4 is 45.6 Å². The molecule has 4 aromatic heterocycles. The first-order valence-corrected chi connectivity index (χ1v) is 29.9. The lowest BCUT2D eigenvalue weighted by atomic mass is 9.94. The maximum atomic E-state index is 12.3. The molecule has 0 saturated carbocycles. The Morgan fingerprint density at radius 2 is 0.905 bits per heavy atom. The molecule has 6 aromatic rings. The smallest absolute Gasteiger partial charge is 0.252 e. The second-order valence-electron chi connectivity index (χ2n) is 22.7. The fraction of sp³-hybridized carbons (Fsp3) is 0.532. The summed E-state index contributed by atoms with van der Waals surface area (Å²) in [4.78, 5) is 77.6. The number of rotatable bonds is 15. The highest BCUT2D eigenvalue weighted by atomic mass is 16.5. The Morgan fingerprint density at radius 3 is 1.33 bits per heavy atom. The first-order valence-electron chi connectivity index (χ1n) is 29.9. The second kappa shape index (κ2) is 29.4. The molecule has 6 saturated heterocycles. The molecule has 12 rings (SSSR count). The molecule has 0 bridgehead atoms. The number of ether oxygens (including phenoxy) is 5. The van der Waals surface area contributed by atoms with Gasteiger partial charge in [-0.1, -0.05) is 12.1 Å². The van der Waals surface area contributed by atoms with Crippen LogP contribution in [0.4, 0.5) is 17.8 Å². The number of anilines is 3. The molecule has 4 N–H and O–H groups in total. The average Bonchev–Trinajstić information content (AvgIpc) is 4.24. The summed E-state index contributed by atoms with van der Waals surface area (Å²) in [6, 6.07) is 21.0. The summed E-state index contributed by atoms with van der Waals surface area (Å²) < 4.78 is 26.7. The Hall–Kier alpha value is -7.37. The Morgan fingerprint density at radius 1 is 0.488 bits per heavy atom. The fourth-order valence-electron chi connectivity index (χ4n) is 12.3. The van der Waals surface area contributed by atoms with Gasteiger partial charge in [0, 0.05) is 127 Å². The van der Waals surface area contributed by atoms with E-state index in [1.807, 2.05) is 36.7 Å². The molecule has 450 valence electrons. The summed E-state index contributed by atoms with van der Waals surface area (Å²) >= 11 is 0. The van der Waals surface area contributed by atoms with Crippen molar-refractivity contribution in [3.8, 4) is 23.0 Å². The van der Waals surface area contributed by atoms with Gasteiger partial charge in [0.25, 0.3) is 16.7 Å². The number of nitrogens with one attached hydrogen (secondary N) is 3. The summed E-state index contributed by atoms with van der Waals surface area (Å²) in [5.41, 5.74) is 6.01. The number of H-pyrrole nitrogens is 3. The van der Waals surface area contributed by atoms with Gasteiger partial charge in [0.05, 0.1) is 64.8 Å². The van der Waals surface area contributed by atoms with Gasteiger partial charge in [-0.3, -0.25) is 49.0 Å². The van der Waals surface area contributed by atoms with Crippen molar-refractivity contribution in [3.63, 3.8) is 0 Å². The number of aromatic nitrogens is 7. The lowest BCUT2D eigenvalue weighted by molar-refractivity contribution is 0.122. The number of phenols is 1. The highest BCUT2D eigenvalue weighted by Crippen LogP contribution is 2.38. The van der Waals surface area contributed by atoms with Crippen molar-refractivity contribution in [2.24, 2.45) is 0 Å². The van der Waals surface area contributed by atoms with Crippen LogP contribution in [-0.2, 0) is 29.1 Å². The van der Waals surface area contributed by atoms with Crippen LogP contribution >= 0.6 is 0 Å². The van der Waals surface area contributed by atoms with Crippen molar-refractivity contribution >= 4 is 17.8 Å². The summed E-state index contributed by atoms with van der Waals surface area (Å²) in [6.45, 7) is 16.0. The van der Waals surface area contributed by atoms with E-state index < -0.39 is 0 Å². The van der Waals surface area contributed by atoms with Gasteiger partial charge in [0.15, 0.2) is 11.5 Å². The minimum atomic E-state index is -0.0768. The Labute approximate surface area is 491 Å². The van der Waals surface area contributed by atoms with Gasteiger partial charge >= 0.3 is 0 Å². The van der Waals surface area contributed by atoms with Crippen molar-refractivity contribution in [3.05, 3.63) is 144 Å². The number of pyridine rings is 1. The standard InChI is InChI=1S/C22H30N4O4.C21H28N4O3.C19H25N5O2/c1-29-18-10-15(11-19(30-2)21(18)28)13-25-7-5-6-16(14-25)17-12-20(27)24-22(23-17)26-8-3-4-9-26;1-27-18-6-2-4-16(12-18)14-24-7-3-5-17(15-24)19-13-20(26)23-21(22-19)25-8-10-28-11-9-25;25-18-12-17(21-19(22-18)24-8-10-26-11-9-24)16-2-1-7-23(14-16)13-15-3-5-20-6-4-15/h10-12,16,28H,3-9,13-14H2,1-2H3,(H,23,24,27);2,4,6,12-13,17H,3,5,7-11,14-15H2,1H3,(H,22,23,26);3-6,12,16H,1-2,7-11,13-14H2,(H,21,22,25). The van der Waals surface area contributed by atoms with E-state index in [4.69, 9.17) is 38.6 Å². The first kappa shape index (κ1) is 59.8. The van der Waals surface area contributed by atoms with Crippen LogP contribution in [0.2, 0.25) is 0 Å². The number of likely N-dealkylation sites (tertiary alicyclic amines) is 3. The van der Waals surface area contributed by atoms with Gasteiger partial charge in [-0.05, 0) is 124 Å². The Balaban J connectivity index is 0.000000141. The minimum Gasteiger partial charge on any atom is -0.502 e. The predicted octanol–water partition coefficient (Wildman–Crippen LogP) is 5.85. The number of hydrogen-bond acceptors (Lipinski definition) is 19. The van der Waals surface area contributed by atoms with Crippen LogP contribution in [0.15, 0.2) is 93.5 Å². The van der Waals surface area contributed by atoms with Crippen LogP contribution in [0, 0.1) is 0 Å². The third-order valence-corrected chi connectivity index (χ3v) is 16.7. The number of hydrogen-bond donors (Lipinski definition) is 4. The molecule has 10 heterocycles. The van der Waals surface area contributed by atoms with Gasteiger partial charge in [-0.15, -0.1) is 0 Å². The monoisotopic (exact) mass is 1150 g/mol. The molecular formula is C62H83N13O9. The van der Waals surface area contributed by atoms with Gasteiger partial charge in [0.1, 0.15) is 5.75 Å². The highest BCUT2D eigenvalue weighted by Gasteiger charge is 2.28. The zero-order chi connectivity index (χ0) is 58.2. The number of nitrogens with zero attached hydrogens (tertiary/aromatic N) is 10. The molecular weight excluding hydrogens is 1070 g/mol. The van der Waals surface area contributed by atoms with Gasteiger partial charge in [-0.25, -0.2) is 15.0 Å². The third kappa shape index (κ3) is 16.3.